The van der Waals surface area contributed by atoms with E-state index in [0.29, 0.717) is 23.2 Å². The predicted octanol–water partition coefficient (Wildman–Crippen LogP) is 9.65. The lowest BCUT2D eigenvalue weighted by Crippen LogP contribution is -2.52. The summed E-state index contributed by atoms with van der Waals surface area (Å²) in [5.41, 5.74) is 1.01. The Balaban J connectivity index is 0.000000894. The summed E-state index contributed by atoms with van der Waals surface area (Å²) in [5.74, 6) is 3.44. The van der Waals surface area contributed by atoms with Crippen molar-refractivity contribution in [2.24, 2.45) is 46.3 Å². The van der Waals surface area contributed by atoms with Crippen LogP contribution >= 0.6 is 0 Å². The van der Waals surface area contributed by atoms with Gasteiger partial charge in [-0.2, -0.15) is 0 Å². The van der Waals surface area contributed by atoms with Crippen LogP contribution in [-0.2, 0) is 9.53 Å². The molecule has 2 nitrogen and oxygen atoms in total. The molecule has 4 fully saturated rings. The third kappa shape index (κ3) is 6.20. The second kappa shape index (κ2) is 14.8. The van der Waals surface area contributed by atoms with Gasteiger partial charge in [0.1, 0.15) is 6.67 Å². The average molecular weight is 483 g/mol. The quantitative estimate of drug-likeness (QED) is 0.364. The molecule has 0 bridgehead atoms. The minimum atomic E-state index is -0.579. The van der Waals surface area contributed by atoms with Crippen molar-refractivity contribution in [3.8, 4) is 0 Å². The fraction of sp³-hybridized carbons (Fsp3) is 0.968. The molecule has 8 atom stereocenters. The molecule has 4 aliphatic rings. The summed E-state index contributed by atoms with van der Waals surface area (Å²) >= 11 is 0. The molecule has 3 heteroatoms. The number of rotatable bonds is 5. The van der Waals surface area contributed by atoms with Gasteiger partial charge in [-0.1, -0.05) is 68.2 Å². The van der Waals surface area contributed by atoms with Crippen LogP contribution in [0.3, 0.4) is 0 Å². The summed E-state index contributed by atoms with van der Waals surface area (Å²) in [6, 6.07) is 0. The third-order valence-electron chi connectivity index (χ3n) is 10.4. The van der Waals surface area contributed by atoms with Gasteiger partial charge in [-0.15, -0.1) is 0 Å². The largest absolute Gasteiger partial charge is 0.469 e. The Kier molecular flexibility index (Phi) is 13.7. The molecule has 202 valence electrons. The summed E-state index contributed by atoms with van der Waals surface area (Å²) in [5, 5.41) is 0. The van der Waals surface area contributed by atoms with E-state index in [1.54, 1.807) is 0 Å². The van der Waals surface area contributed by atoms with Crippen LogP contribution < -0.4 is 0 Å². The van der Waals surface area contributed by atoms with Gasteiger partial charge >= 0.3 is 5.97 Å². The van der Waals surface area contributed by atoms with Crippen LogP contribution in [0.4, 0.5) is 4.39 Å². The standard InChI is InChI=1S/C25H41FO2.3C2H6/c1-24-14-5-4-6-18(24)9-11-20-21-12-10-19(25(21,2)15-13-22(20)24)8-7-17(16-26)23(27)28-3;3*1-2/h17-22H,4-16H2,1-3H3;3*1-2H3. The van der Waals surface area contributed by atoms with Crippen molar-refractivity contribution in [1.29, 1.82) is 0 Å². The number of ether oxygens (including phenoxy) is 1. The van der Waals surface area contributed by atoms with Crippen LogP contribution in [0.1, 0.15) is 132 Å². The van der Waals surface area contributed by atoms with Crippen molar-refractivity contribution in [2.75, 3.05) is 13.8 Å². The molecule has 0 saturated heterocycles. The van der Waals surface area contributed by atoms with E-state index < -0.39 is 12.6 Å². The number of fused-ring (bicyclic) bond motifs is 5. The second-order valence-electron chi connectivity index (χ2n) is 11.2. The van der Waals surface area contributed by atoms with Gasteiger partial charge in [0.15, 0.2) is 0 Å². The van der Waals surface area contributed by atoms with Gasteiger partial charge in [-0.05, 0) is 105 Å². The molecule has 4 saturated carbocycles. The lowest BCUT2D eigenvalue weighted by molar-refractivity contribution is -0.146. The zero-order valence-corrected chi connectivity index (χ0v) is 24.4. The highest BCUT2D eigenvalue weighted by Crippen LogP contribution is 2.67. The summed E-state index contributed by atoms with van der Waals surface area (Å²) in [4.78, 5) is 11.8. The number of hydrogen-bond acceptors (Lipinski definition) is 2. The van der Waals surface area contributed by atoms with E-state index in [9.17, 15) is 9.18 Å². The van der Waals surface area contributed by atoms with Gasteiger partial charge < -0.3 is 4.74 Å². The number of esters is 1. The summed E-state index contributed by atoms with van der Waals surface area (Å²) < 4.78 is 18.1. The van der Waals surface area contributed by atoms with Crippen molar-refractivity contribution < 1.29 is 13.9 Å². The number of hydrogen-bond donors (Lipinski definition) is 0. The fourth-order valence-corrected chi connectivity index (χ4v) is 8.71. The summed E-state index contributed by atoms with van der Waals surface area (Å²) in [6.07, 6.45) is 15.8. The SMILES string of the molecule is CC.CC.CC.COC(=O)C(CF)CCC1CCC2C3CCC4CCCCC4(C)C3CCC12C. The van der Waals surface area contributed by atoms with Crippen LogP contribution in [0.2, 0.25) is 0 Å². The number of carbonyl (C=O) groups is 1. The Morgan fingerprint density at radius 3 is 2.12 bits per heavy atom. The first-order chi connectivity index (χ1) is 16.4. The van der Waals surface area contributed by atoms with E-state index in [1.165, 1.54) is 71.3 Å². The van der Waals surface area contributed by atoms with E-state index in [-0.39, 0.29) is 5.97 Å². The van der Waals surface area contributed by atoms with Crippen LogP contribution in [0.15, 0.2) is 0 Å². The Bertz CT molecular complexity index is 578. The minimum absolute atomic E-state index is 0.366. The maximum absolute atomic E-state index is 13.3. The summed E-state index contributed by atoms with van der Waals surface area (Å²) in [6.45, 7) is 16.6. The first-order valence-electron chi connectivity index (χ1n) is 15.1. The van der Waals surface area contributed by atoms with E-state index in [2.05, 4.69) is 13.8 Å². The second-order valence-corrected chi connectivity index (χ2v) is 11.2. The van der Waals surface area contributed by atoms with Crippen LogP contribution in [0.5, 0.6) is 0 Å². The molecular weight excluding hydrogens is 423 g/mol. The van der Waals surface area contributed by atoms with Gasteiger partial charge in [-0.3, -0.25) is 9.18 Å². The molecule has 0 aromatic carbocycles. The molecule has 4 aliphatic carbocycles. The minimum Gasteiger partial charge on any atom is -0.469 e. The van der Waals surface area contributed by atoms with Gasteiger partial charge in [0.2, 0.25) is 0 Å². The van der Waals surface area contributed by atoms with Crippen molar-refractivity contribution >= 4 is 5.97 Å². The molecule has 34 heavy (non-hydrogen) atoms. The monoisotopic (exact) mass is 482 g/mol. The van der Waals surface area contributed by atoms with E-state index >= 15 is 0 Å². The first-order valence-corrected chi connectivity index (χ1v) is 15.1. The third-order valence-corrected chi connectivity index (χ3v) is 10.4. The van der Waals surface area contributed by atoms with E-state index in [1.807, 2.05) is 41.5 Å². The summed E-state index contributed by atoms with van der Waals surface area (Å²) in [7, 11) is 1.38. The highest BCUT2D eigenvalue weighted by molar-refractivity contribution is 5.72. The molecule has 0 spiro atoms. The van der Waals surface area contributed by atoms with Gasteiger partial charge in [0.25, 0.3) is 0 Å². The molecule has 4 rings (SSSR count). The molecule has 0 aromatic rings. The normalized spacial score (nSPS) is 38.6. The topological polar surface area (TPSA) is 26.3 Å². The molecule has 0 aliphatic heterocycles. The number of carbonyl (C=O) groups excluding carboxylic acids is 1. The molecule has 0 aromatic heterocycles. The van der Waals surface area contributed by atoms with Crippen LogP contribution in [0.25, 0.3) is 0 Å². The number of alkyl halides is 1. The fourth-order valence-electron chi connectivity index (χ4n) is 8.71. The molecule has 0 amide bonds. The highest BCUT2D eigenvalue weighted by Gasteiger charge is 2.59. The van der Waals surface area contributed by atoms with Gasteiger partial charge in [-0.25, -0.2) is 0 Å². The Labute approximate surface area is 212 Å². The first kappa shape index (κ1) is 31.4. The molecule has 0 N–H and O–H groups in total. The zero-order chi connectivity index (χ0) is 25.9. The average Bonchev–Trinajstić information content (AvgIpc) is 3.23. The number of halogens is 1. The lowest BCUT2D eigenvalue weighted by Gasteiger charge is -2.60. The van der Waals surface area contributed by atoms with Crippen LogP contribution in [0, 0.1) is 46.3 Å². The molecule has 0 heterocycles. The maximum Gasteiger partial charge on any atom is 0.311 e. The van der Waals surface area contributed by atoms with E-state index in [4.69, 9.17) is 4.74 Å². The molecule has 8 unspecified atom stereocenters. The smallest absolute Gasteiger partial charge is 0.311 e. The maximum atomic E-state index is 13.3. The zero-order valence-electron chi connectivity index (χ0n) is 24.4. The van der Waals surface area contributed by atoms with Gasteiger partial charge in [0, 0.05) is 0 Å². The Morgan fingerprint density at radius 1 is 0.853 bits per heavy atom. The lowest BCUT2D eigenvalue weighted by atomic mass is 9.45. The molecule has 0 radical (unpaired) electrons. The van der Waals surface area contributed by atoms with Crippen molar-refractivity contribution in [3.63, 3.8) is 0 Å². The molecular formula is C31H59FO2. The predicted molar refractivity (Wildman–Crippen MR) is 145 cm³/mol. The Morgan fingerprint density at radius 2 is 1.50 bits per heavy atom. The Hall–Kier alpha value is -0.600. The number of methoxy groups -OCH3 is 1. The van der Waals surface area contributed by atoms with Gasteiger partial charge in [0.05, 0.1) is 13.0 Å². The highest BCUT2D eigenvalue weighted by atomic mass is 19.1. The van der Waals surface area contributed by atoms with E-state index in [0.717, 1.165) is 30.1 Å². The van der Waals surface area contributed by atoms with Crippen molar-refractivity contribution in [1.82, 2.24) is 0 Å². The van der Waals surface area contributed by atoms with Crippen molar-refractivity contribution in [2.45, 2.75) is 132 Å². The van der Waals surface area contributed by atoms with Crippen molar-refractivity contribution in [3.05, 3.63) is 0 Å². The van der Waals surface area contributed by atoms with Crippen LogP contribution in [-0.4, -0.2) is 19.8 Å².